The van der Waals surface area contributed by atoms with E-state index in [1.807, 2.05) is 0 Å². The van der Waals surface area contributed by atoms with Gasteiger partial charge < -0.3 is 24.3 Å². The first-order chi connectivity index (χ1) is 20.9. The van der Waals surface area contributed by atoms with E-state index in [4.69, 9.17) is 18.9 Å². The van der Waals surface area contributed by atoms with Crippen LogP contribution in [-0.2, 0) is 4.79 Å². The zero-order chi connectivity index (χ0) is 30.2. The number of nitrogens with zero attached hydrogens (tertiary/aromatic N) is 1. The van der Waals surface area contributed by atoms with Gasteiger partial charge in [0.05, 0.1) is 18.9 Å². The van der Waals surface area contributed by atoms with Gasteiger partial charge in [0.2, 0.25) is 6.79 Å². The topological polar surface area (TPSA) is 125 Å². The number of rotatable bonds is 9. The molecule has 1 aliphatic heterocycles. The fraction of sp³-hybridized carbons (Fsp3) is 0.0625. The Kier molecular flexibility index (Phi) is 9.13. The molecule has 11 heteroatoms. The van der Waals surface area contributed by atoms with Crippen LogP contribution < -0.4 is 29.7 Å². The molecule has 0 aliphatic carbocycles. The highest BCUT2D eigenvalue weighted by Crippen LogP contribution is 2.33. The lowest BCUT2D eigenvalue weighted by molar-refractivity contribution is -0.117. The van der Waals surface area contributed by atoms with Crippen molar-refractivity contribution in [2.75, 3.05) is 13.9 Å². The van der Waals surface area contributed by atoms with Gasteiger partial charge in [-0.2, -0.15) is 5.10 Å². The third-order valence-electron chi connectivity index (χ3n) is 6.07. The maximum atomic E-state index is 13.1. The van der Waals surface area contributed by atoms with Crippen molar-refractivity contribution < 1.29 is 33.3 Å². The maximum Gasteiger partial charge on any atom is 0.343 e. The standard InChI is InChI=1S/C32H24BrN3O7/c1-40-28-16-21(11-13-27(28)43-32(39)23-8-5-9-24(33)17-23)18-34-36-31(38)25(35-30(37)22-6-3-2-4-7-22)14-20-10-12-26-29(15-20)42-19-41-26/h2-18H,19H2,1H3,(H,35,37)(H,36,38)/b25-14+,34-18+. The van der Waals surface area contributed by atoms with Crippen molar-refractivity contribution >= 4 is 46.0 Å². The smallest absolute Gasteiger partial charge is 0.343 e. The lowest BCUT2D eigenvalue weighted by Crippen LogP contribution is -2.32. The Bertz CT molecular complexity index is 1740. The number of hydrogen-bond acceptors (Lipinski definition) is 8. The molecule has 0 saturated heterocycles. The van der Waals surface area contributed by atoms with Gasteiger partial charge >= 0.3 is 5.97 Å². The van der Waals surface area contributed by atoms with Gasteiger partial charge in [-0.15, -0.1) is 0 Å². The molecule has 0 spiro atoms. The zero-order valence-corrected chi connectivity index (χ0v) is 24.3. The molecule has 10 nitrogen and oxygen atoms in total. The average molecular weight is 642 g/mol. The number of ether oxygens (including phenoxy) is 4. The van der Waals surface area contributed by atoms with Crippen molar-refractivity contribution in [2.45, 2.75) is 0 Å². The lowest BCUT2D eigenvalue weighted by Gasteiger charge is -2.10. The predicted octanol–water partition coefficient (Wildman–Crippen LogP) is 5.33. The number of esters is 1. The maximum absolute atomic E-state index is 13.1. The first-order valence-corrected chi connectivity index (χ1v) is 13.7. The number of carbonyl (C=O) groups is 3. The number of halogens is 1. The van der Waals surface area contributed by atoms with Crippen molar-refractivity contribution in [3.8, 4) is 23.0 Å². The van der Waals surface area contributed by atoms with E-state index in [1.54, 1.807) is 91.0 Å². The highest BCUT2D eigenvalue weighted by atomic mass is 79.9. The molecule has 0 fully saturated rings. The van der Waals surface area contributed by atoms with Gasteiger partial charge in [0.25, 0.3) is 11.8 Å². The second-order valence-electron chi connectivity index (χ2n) is 9.00. The van der Waals surface area contributed by atoms with Crippen molar-refractivity contribution in [3.05, 3.63) is 123 Å². The van der Waals surface area contributed by atoms with Gasteiger partial charge in [-0.3, -0.25) is 9.59 Å². The van der Waals surface area contributed by atoms with Crippen molar-refractivity contribution in [2.24, 2.45) is 5.10 Å². The van der Waals surface area contributed by atoms with Crippen LogP contribution in [0.2, 0.25) is 0 Å². The Morgan fingerprint density at radius 1 is 0.837 bits per heavy atom. The third-order valence-corrected chi connectivity index (χ3v) is 6.56. The van der Waals surface area contributed by atoms with Crippen molar-refractivity contribution in [1.82, 2.24) is 10.7 Å². The zero-order valence-electron chi connectivity index (χ0n) is 22.7. The Labute approximate surface area is 255 Å². The van der Waals surface area contributed by atoms with Crippen LogP contribution in [0.5, 0.6) is 23.0 Å². The summed E-state index contributed by atoms with van der Waals surface area (Å²) in [4.78, 5) is 38.6. The minimum Gasteiger partial charge on any atom is -0.493 e. The van der Waals surface area contributed by atoms with E-state index in [0.29, 0.717) is 33.8 Å². The number of benzene rings is 4. The van der Waals surface area contributed by atoms with E-state index in [9.17, 15) is 14.4 Å². The molecule has 0 saturated carbocycles. The molecule has 1 heterocycles. The van der Waals surface area contributed by atoms with E-state index in [0.717, 1.165) is 4.47 Å². The van der Waals surface area contributed by atoms with Crippen LogP contribution in [0, 0.1) is 0 Å². The number of amides is 2. The minimum absolute atomic E-state index is 0.0442. The van der Waals surface area contributed by atoms with Gasteiger partial charge in [0.1, 0.15) is 5.70 Å². The van der Waals surface area contributed by atoms with Crippen LogP contribution in [0.25, 0.3) is 6.08 Å². The number of methoxy groups -OCH3 is 1. The number of nitrogens with one attached hydrogen (secondary N) is 2. The molecule has 0 aromatic heterocycles. The van der Waals surface area contributed by atoms with Gasteiger partial charge in [0, 0.05) is 10.0 Å². The molecule has 0 bridgehead atoms. The monoisotopic (exact) mass is 641 g/mol. The Balaban J connectivity index is 1.31. The number of fused-ring (bicyclic) bond motifs is 1. The predicted molar refractivity (Wildman–Crippen MR) is 162 cm³/mol. The molecule has 216 valence electrons. The first-order valence-electron chi connectivity index (χ1n) is 12.9. The van der Waals surface area contributed by atoms with Gasteiger partial charge in [0.15, 0.2) is 23.0 Å². The average Bonchev–Trinajstić information content (AvgIpc) is 3.49. The summed E-state index contributed by atoms with van der Waals surface area (Å²) in [6.45, 7) is 0.106. The SMILES string of the molecule is COc1cc(/C=N/NC(=O)/C(=C\c2ccc3c(c2)OCO3)NC(=O)c2ccccc2)ccc1OC(=O)c1cccc(Br)c1. The third kappa shape index (κ3) is 7.46. The van der Waals surface area contributed by atoms with Crippen LogP contribution in [0.15, 0.2) is 106 Å². The molecule has 1 aliphatic rings. The second kappa shape index (κ2) is 13.5. The molecule has 0 unspecified atom stereocenters. The van der Waals surface area contributed by atoms with E-state index in [2.05, 4.69) is 31.8 Å². The molecular formula is C32H24BrN3O7. The molecule has 4 aromatic rings. The summed E-state index contributed by atoms with van der Waals surface area (Å²) in [5, 5.41) is 6.69. The molecule has 43 heavy (non-hydrogen) atoms. The summed E-state index contributed by atoms with van der Waals surface area (Å²) in [5.74, 6) is -0.0591. The summed E-state index contributed by atoms with van der Waals surface area (Å²) in [7, 11) is 1.44. The van der Waals surface area contributed by atoms with E-state index in [1.165, 1.54) is 19.4 Å². The highest BCUT2D eigenvalue weighted by Gasteiger charge is 2.17. The Hall–Kier alpha value is -5.42. The Morgan fingerprint density at radius 3 is 2.40 bits per heavy atom. The van der Waals surface area contributed by atoms with E-state index in [-0.39, 0.29) is 24.0 Å². The van der Waals surface area contributed by atoms with E-state index < -0.39 is 17.8 Å². The van der Waals surface area contributed by atoms with Crippen LogP contribution in [0.4, 0.5) is 0 Å². The van der Waals surface area contributed by atoms with Crippen LogP contribution >= 0.6 is 15.9 Å². The first kappa shape index (κ1) is 29.1. The normalized spacial score (nSPS) is 12.1. The minimum atomic E-state index is -0.662. The number of hydrazone groups is 1. The molecular weight excluding hydrogens is 618 g/mol. The molecule has 0 atom stereocenters. The molecule has 2 amide bonds. The second-order valence-corrected chi connectivity index (χ2v) is 9.92. The molecule has 5 rings (SSSR count). The summed E-state index contributed by atoms with van der Waals surface area (Å²) in [6, 6.07) is 25.3. The van der Waals surface area contributed by atoms with Crippen molar-refractivity contribution in [1.29, 1.82) is 0 Å². The summed E-state index contributed by atoms with van der Waals surface area (Å²) in [5.41, 5.74) is 4.29. The summed E-state index contributed by atoms with van der Waals surface area (Å²) >= 11 is 3.34. The number of hydrogen-bond donors (Lipinski definition) is 2. The van der Waals surface area contributed by atoms with Crippen LogP contribution in [0.3, 0.4) is 0 Å². The molecule has 4 aromatic carbocycles. The number of carbonyl (C=O) groups excluding carboxylic acids is 3. The quantitative estimate of drug-likeness (QED) is 0.0832. The highest BCUT2D eigenvalue weighted by molar-refractivity contribution is 9.10. The summed E-state index contributed by atoms with van der Waals surface area (Å²) < 4.78 is 22.4. The summed E-state index contributed by atoms with van der Waals surface area (Å²) in [6.07, 6.45) is 2.89. The van der Waals surface area contributed by atoms with Gasteiger partial charge in [-0.25, -0.2) is 10.2 Å². The fourth-order valence-electron chi connectivity index (χ4n) is 3.96. The fourth-order valence-corrected chi connectivity index (χ4v) is 4.36. The van der Waals surface area contributed by atoms with Crippen molar-refractivity contribution in [3.63, 3.8) is 0 Å². The van der Waals surface area contributed by atoms with Gasteiger partial charge in [-0.1, -0.05) is 46.3 Å². The van der Waals surface area contributed by atoms with Crippen LogP contribution in [-0.4, -0.2) is 37.9 Å². The van der Waals surface area contributed by atoms with Crippen LogP contribution in [0.1, 0.15) is 31.8 Å². The Morgan fingerprint density at radius 2 is 1.60 bits per heavy atom. The largest absolute Gasteiger partial charge is 0.493 e. The van der Waals surface area contributed by atoms with Gasteiger partial charge in [-0.05, 0) is 77.9 Å². The van der Waals surface area contributed by atoms with E-state index >= 15 is 0 Å². The molecule has 0 radical (unpaired) electrons. The molecule has 2 N–H and O–H groups in total. The lowest BCUT2D eigenvalue weighted by atomic mass is 10.1.